The van der Waals surface area contributed by atoms with E-state index in [0.717, 1.165) is 44.0 Å². The first-order chi connectivity index (χ1) is 10.2. The van der Waals surface area contributed by atoms with Gasteiger partial charge in [-0.15, -0.1) is 0 Å². The first-order valence-corrected chi connectivity index (χ1v) is 7.40. The Morgan fingerprint density at radius 3 is 2.67 bits per heavy atom. The number of ether oxygens (including phenoxy) is 1. The van der Waals surface area contributed by atoms with Crippen LogP contribution in [0.4, 0.5) is 0 Å². The van der Waals surface area contributed by atoms with Crippen LogP contribution in [0.5, 0.6) is 5.75 Å². The molecule has 0 spiro atoms. The van der Waals surface area contributed by atoms with Crippen LogP contribution >= 0.6 is 0 Å². The summed E-state index contributed by atoms with van der Waals surface area (Å²) in [4.78, 5) is 4.82. The second-order valence-corrected chi connectivity index (χ2v) is 5.39. The highest BCUT2D eigenvalue weighted by molar-refractivity contribution is 5.48. The van der Waals surface area contributed by atoms with Crippen molar-refractivity contribution in [2.75, 3.05) is 46.9 Å². The number of likely N-dealkylation sites (N-methyl/N-ethyl adjacent to an activating group) is 1. The smallest absolute Gasteiger partial charge is 0.134 e. The van der Waals surface area contributed by atoms with Crippen LogP contribution in [-0.2, 0) is 6.54 Å². The number of piperazine rings is 1. The van der Waals surface area contributed by atoms with Gasteiger partial charge in [-0.3, -0.25) is 4.90 Å². The number of benzene rings is 1. The Morgan fingerprint density at radius 2 is 2.00 bits per heavy atom. The largest absolute Gasteiger partial charge is 0.495 e. The molecule has 114 valence electrons. The Bertz CT molecular complexity index is 511. The second-order valence-electron chi connectivity index (χ2n) is 5.39. The molecule has 0 bridgehead atoms. The summed E-state index contributed by atoms with van der Waals surface area (Å²) in [6, 6.07) is 6.18. The molecule has 0 unspecified atom stereocenters. The molecular formula is C17H24N2O2. The molecule has 21 heavy (non-hydrogen) atoms. The lowest BCUT2D eigenvalue weighted by Gasteiger charge is -2.32. The van der Waals surface area contributed by atoms with Crippen molar-refractivity contribution in [2.24, 2.45) is 0 Å². The Kier molecular flexibility index (Phi) is 6.06. The number of nitrogens with zero attached hydrogens (tertiary/aromatic N) is 2. The monoisotopic (exact) mass is 288 g/mol. The second kappa shape index (κ2) is 8.04. The van der Waals surface area contributed by atoms with E-state index in [9.17, 15) is 0 Å². The third-order valence-electron chi connectivity index (χ3n) is 3.73. The van der Waals surface area contributed by atoms with E-state index in [-0.39, 0.29) is 6.61 Å². The molecule has 0 atom stereocenters. The van der Waals surface area contributed by atoms with E-state index in [1.54, 1.807) is 7.11 Å². The fourth-order valence-corrected chi connectivity index (χ4v) is 2.43. The molecule has 1 aliphatic rings. The van der Waals surface area contributed by atoms with E-state index in [1.807, 2.05) is 6.07 Å². The molecule has 1 aromatic rings. The number of hydrogen-bond acceptors (Lipinski definition) is 4. The predicted molar refractivity (Wildman–Crippen MR) is 84.3 cm³/mol. The molecule has 4 heteroatoms. The molecule has 1 fully saturated rings. The summed E-state index contributed by atoms with van der Waals surface area (Å²) in [7, 11) is 3.83. The fraction of sp³-hybridized carbons (Fsp3) is 0.529. The summed E-state index contributed by atoms with van der Waals surface area (Å²) < 4.78 is 5.35. The van der Waals surface area contributed by atoms with Gasteiger partial charge >= 0.3 is 0 Å². The number of aliphatic hydroxyl groups excluding tert-OH is 1. The van der Waals surface area contributed by atoms with Gasteiger partial charge in [0.1, 0.15) is 5.75 Å². The summed E-state index contributed by atoms with van der Waals surface area (Å²) in [5, 5.41) is 8.82. The SMILES string of the molecule is COc1ccc(CN2CCN(C)CC2)cc1C#CCCO. The maximum Gasteiger partial charge on any atom is 0.134 e. The van der Waals surface area contributed by atoms with Crippen molar-refractivity contribution in [2.45, 2.75) is 13.0 Å². The lowest BCUT2D eigenvalue weighted by atomic mass is 10.1. The van der Waals surface area contributed by atoms with Gasteiger partial charge in [0.15, 0.2) is 0 Å². The zero-order valence-corrected chi connectivity index (χ0v) is 12.9. The zero-order valence-electron chi connectivity index (χ0n) is 12.9. The standard InChI is InChI=1S/C17H24N2O2/c1-18-8-10-19(11-9-18)14-15-6-7-17(21-2)16(13-15)5-3-4-12-20/h6-7,13,20H,4,8-12,14H2,1-2H3. The molecule has 1 N–H and O–H groups in total. The fourth-order valence-electron chi connectivity index (χ4n) is 2.43. The van der Waals surface area contributed by atoms with Gasteiger partial charge < -0.3 is 14.7 Å². The average molecular weight is 288 g/mol. The minimum absolute atomic E-state index is 0.0936. The summed E-state index contributed by atoms with van der Waals surface area (Å²) in [5.41, 5.74) is 2.16. The maximum absolute atomic E-state index is 8.82. The lowest BCUT2D eigenvalue weighted by Crippen LogP contribution is -2.43. The summed E-state index contributed by atoms with van der Waals surface area (Å²) in [6.07, 6.45) is 0.492. The van der Waals surface area contributed by atoms with E-state index in [2.05, 4.69) is 40.8 Å². The molecule has 0 aromatic heterocycles. The van der Waals surface area contributed by atoms with Crippen LogP contribution in [0, 0.1) is 11.8 Å². The molecule has 1 heterocycles. The Labute approximate surface area is 127 Å². The molecule has 1 aliphatic heterocycles. The van der Waals surface area contributed by atoms with Gasteiger partial charge in [-0.2, -0.15) is 0 Å². The van der Waals surface area contributed by atoms with E-state index in [4.69, 9.17) is 9.84 Å². The summed E-state index contributed by atoms with van der Waals surface area (Å²) in [6.45, 7) is 5.50. The topological polar surface area (TPSA) is 35.9 Å². The van der Waals surface area contributed by atoms with Crippen LogP contribution in [0.3, 0.4) is 0 Å². The van der Waals surface area contributed by atoms with E-state index in [0.29, 0.717) is 6.42 Å². The molecule has 4 nitrogen and oxygen atoms in total. The minimum Gasteiger partial charge on any atom is -0.495 e. The van der Waals surface area contributed by atoms with E-state index in [1.165, 1.54) is 5.56 Å². The number of hydrogen-bond donors (Lipinski definition) is 1. The van der Waals surface area contributed by atoms with Gasteiger partial charge in [-0.25, -0.2) is 0 Å². The van der Waals surface area contributed by atoms with Gasteiger partial charge in [-0.05, 0) is 24.7 Å². The summed E-state index contributed by atoms with van der Waals surface area (Å²) in [5.74, 6) is 6.84. The van der Waals surface area contributed by atoms with Gasteiger partial charge in [0.25, 0.3) is 0 Å². The average Bonchev–Trinajstić information content (AvgIpc) is 2.50. The zero-order chi connectivity index (χ0) is 15.1. The lowest BCUT2D eigenvalue weighted by molar-refractivity contribution is 0.148. The van der Waals surface area contributed by atoms with Crippen molar-refractivity contribution < 1.29 is 9.84 Å². The van der Waals surface area contributed by atoms with E-state index < -0.39 is 0 Å². The molecule has 1 saturated heterocycles. The minimum atomic E-state index is 0.0936. The molecule has 0 amide bonds. The van der Waals surface area contributed by atoms with Crippen LogP contribution in [-0.4, -0.2) is 61.8 Å². The molecule has 1 aromatic carbocycles. The maximum atomic E-state index is 8.82. The Hall–Kier alpha value is -1.54. The molecule has 2 rings (SSSR count). The number of rotatable bonds is 4. The van der Waals surface area contributed by atoms with Crippen LogP contribution in [0.25, 0.3) is 0 Å². The highest BCUT2D eigenvalue weighted by Gasteiger charge is 2.14. The molecule has 0 radical (unpaired) electrons. The highest BCUT2D eigenvalue weighted by atomic mass is 16.5. The van der Waals surface area contributed by atoms with Crippen LogP contribution < -0.4 is 4.74 Å². The first-order valence-electron chi connectivity index (χ1n) is 7.40. The van der Waals surface area contributed by atoms with Crippen molar-refractivity contribution in [1.29, 1.82) is 0 Å². The first kappa shape index (κ1) is 15.8. The molecule has 0 aliphatic carbocycles. The van der Waals surface area contributed by atoms with Gasteiger partial charge in [0, 0.05) is 39.1 Å². The Balaban J connectivity index is 2.07. The molecule has 0 saturated carbocycles. The van der Waals surface area contributed by atoms with Crippen molar-refractivity contribution in [1.82, 2.24) is 9.80 Å². The summed E-state index contributed by atoms with van der Waals surface area (Å²) >= 11 is 0. The third kappa shape index (κ3) is 4.75. The van der Waals surface area contributed by atoms with Gasteiger partial charge in [0.2, 0.25) is 0 Å². The van der Waals surface area contributed by atoms with Gasteiger partial charge in [-0.1, -0.05) is 17.9 Å². The Morgan fingerprint density at radius 1 is 1.24 bits per heavy atom. The highest BCUT2D eigenvalue weighted by Crippen LogP contribution is 2.20. The van der Waals surface area contributed by atoms with Crippen molar-refractivity contribution >= 4 is 0 Å². The van der Waals surface area contributed by atoms with Crippen molar-refractivity contribution in [3.63, 3.8) is 0 Å². The predicted octanol–water partition coefficient (Wildman–Crippen LogP) is 1.18. The quantitative estimate of drug-likeness (QED) is 0.844. The normalized spacial score (nSPS) is 16.3. The van der Waals surface area contributed by atoms with Crippen LogP contribution in [0.1, 0.15) is 17.5 Å². The molecular weight excluding hydrogens is 264 g/mol. The third-order valence-corrected chi connectivity index (χ3v) is 3.73. The van der Waals surface area contributed by atoms with Crippen LogP contribution in [0.15, 0.2) is 18.2 Å². The van der Waals surface area contributed by atoms with Crippen molar-refractivity contribution in [3.8, 4) is 17.6 Å². The number of methoxy groups -OCH3 is 1. The van der Waals surface area contributed by atoms with Crippen LogP contribution in [0.2, 0.25) is 0 Å². The van der Waals surface area contributed by atoms with E-state index >= 15 is 0 Å². The number of aliphatic hydroxyl groups is 1. The van der Waals surface area contributed by atoms with Gasteiger partial charge in [0.05, 0.1) is 19.3 Å². The van der Waals surface area contributed by atoms with Crippen molar-refractivity contribution in [3.05, 3.63) is 29.3 Å².